The average Bonchev–Trinajstić information content (AvgIpc) is 3.39. The maximum absolute atomic E-state index is 13.6. The number of amides is 2. The van der Waals surface area contributed by atoms with E-state index in [1.54, 1.807) is 24.0 Å². The second-order valence-electron chi connectivity index (χ2n) is 11.0. The van der Waals surface area contributed by atoms with Crippen LogP contribution >= 0.6 is 0 Å². The van der Waals surface area contributed by atoms with Crippen molar-refractivity contribution in [2.45, 2.75) is 71.8 Å². The van der Waals surface area contributed by atoms with Gasteiger partial charge in [0.15, 0.2) is 5.78 Å². The van der Waals surface area contributed by atoms with Gasteiger partial charge in [-0.25, -0.2) is 0 Å². The van der Waals surface area contributed by atoms with E-state index < -0.39 is 6.04 Å². The number of phenolic OH excluding ortho intramolecular Hbond substituents is 1. The highest BCUT2D eigenvalue weighted by Crippen LogP contribution is 2.38. The highest BCUT2D eigenvalue weighted by Gasteiger charge is 2.37. The number of phenols is 1. The molecular weight excluding hydrogens is 430 g/mol. The van der Waals surface area contributed by atoms with Gasteiger partial charge in [-0.3, -0.25) is 14.4 Å². The minimum absolute atomic E-state index is 0.0638. The van der Waals surface area contributed by atoms with Gasteiger partial charge in [0, 0.05) is 29.8 Å². The van der Waals surface area contributed by atoms with Gasteiger partial charge in [0.05, 0.1) is 5.69 Å². The van der Waals surface area contributed by atoms with Crippen molar-refractivity contribution < 1.29 is 19.5 Å². The molecule has 1 aromatic carbocycles. The molecule has 0 radical (unpaired) electrons. The number of ketones is 1. The fourth-order valence-corrected chi connectivity index (χ4v) is 5.59. The Bertz CT molecular complexity index is 1170. The minimum Gasteiger partial charge on any atom is -0.508 e. The largest absolute Gasteiger partial charge is 0.508 e. The van der Waals surface area contributed by atoms with E-state index in [1.807, 2.05) is 6.07 Å². The van der Waals surface area contributed by atoms with Crippen molar-refractivity contribution in [2.24, 2.45) is 11.3 Å². The van der Waals surface area contributed by atoms with Crippen molar-refractivity contribution in [3.8, 4) is 5.75 Å². The number of nitrogens with one attached hydrogen (secondary N) is 2. The molecule has 7 heteroatoms. The number of fused-ring (bicyclic) bond motifs is 2. The lowest BCUT2D eigenvalue weighted by Gasteiger charge is -2.28. The molecule has 2 aromatic rings. The molecule has 3 N–H and O–H groups in total. The van der Waals surface area contributed by atoms with Crippen molar-refractivity contribution in [3.63, 3.8) is 0 Å². The van der Waals surface area contributed by atoms with Crippen LogP contribution in [0.15, 0.2) is 18.2 Å². The van der Waals surface area contributed by atoms with Crippen LogP contribution < -0.4 is 10.2 Å². The highest BCUT2D eigenvalue weighted by atomic mass is 16.3. The second kappa shape index (κ2) is 8.29. The van der Waals surface area contributed by atoms with E-state index in [9.17, 15) is 19.5 Å². The van der Waals surface area contributed by atoms with Crippen LogP contribution in [-0.4, -0.2) is 40.3 Å². The van der Waals surface area contributed by atoms with Gasteiger partial charge in [-0.2, -0.15) is 0 Å². The molecule has 2 amide bonds. The van der Waals surface area contributed by atoms with Gasteiger partial charge >= 0.3 is 0 Å². The van der Waals surface area contributed by atoms with Crippen molar-refractivity contribution >= 4 is 23.3 Å². The molecule has 1 saturated carbocycles. The van der Waals surface area contributed by atoms with Crippen LogP contribution in [0.4, 0.5) is 5.69 Å². The molecule has 34 heavy (non-hydrogen) atoms. The number of aromatic nitrogens is 1. The van der Waals surface area contributed by atoms with Crippen LogP contribution in [0.3, 0.4) is 0 Å². The Hall–Kier alpha value is -3.09. The van der Waals surface area contributed by atoms with Crippen LogP contribution in [0.25, 0.3) is 0 Å². The first-order valence-corrected chi connectivity index (χ1v) is 12.3. The number of hydrogen-bond acceptors (Lipinski definition) is 4. The van der Waals surface area contributed by atoms with Crippen molar-refractivity contribution in [1.82, 2.24) is 10.3 Å². The van der Waals surface area contributed by atoms with Crippen LogP contribution in [0.1, 0.15) is 83.6 Å². The highest BCUT2D eigenvalue weighted by molar-refractivity contribution is 6.06. The Morgan fingerprint density at radius 1 is 1.26 bits per heavy atom. The number of anilines is 1. The first-order valence-electron chi connectivity index (χ1n) is 12.3. The predicted molar refractivity (Wildman–Crippen MR) is 129 cm³/mol. The summed E-state index contributed by atoms with van der Waals surface area (Å²) in [6, 6.07) is 4.56. The molecule has 7 nitrogen and oxygen atoms in total. The Kier molecular flexibility index (Phi) is 5.53. The standard InChI is InChI=1S/C27H33N3O4/c1-15-23-19(13-27(2,3)14-22(23)32)28-24(15)25(33)29-18(10-9-16-7-8-16)26(34)30-12-11-17-20(30)5-4-6-21(17)31/h4-6,16,18,28,31H,7-14H2,1-3H3,(H,29,33). The molecule has 2 aliphatic carbocycles. The molecule has 1 aromatic heterocycles. The summed E-state index contributed by atoms with van der Waals surface area (Å²) in [6.45, 7) is 6.41. The fourth-order valence-electron chi connectivity index (χ4n) is 5.59. The zero-order valence-corrected chi connectivity index (χ0v) is 20.2. The third kappa shape index (κ3) is 4.12. The molecule has 0 bridgehead atoms. The van der Waals surface area contributed by atoms with E-state index in [0.717, 1.165) is 23.4 Å². The first kappa shape index (κ1) is 22.7. The smallest absolute Gasteiger partial charge is 0.268 e. The van der Waals surface area contributed by atoms with E-state index in [2.05, 4.69) is 24.1 Å². The summed E-state index contributed by atoms with van der Waals surface area (Å²) in [7, 11) is 0. The van der Waals surface area contributed by atoms with Crippen molar-refractivity contribution in [1.29, 1.82) is 0 Å². The number of aromatic hydroxyl groups is 1. The number of carbonyl (C=O) groups is 3. The summed E-state index contributed by atoms with van der Waals surface area (Å²) in [5.74, 6) is 0.397. The Morgan fingerprint density at radius 2 is 2.03 bits per heavy atom. The van der Waals surface area contributed by atoms with E-state index in [-0.39, 0.29) is 28.8 Å². The summed E-state index contributed by atoms with van der Waals surface area (Å²) in [4.78, 5) is 44.6. The zero-order chi connectivity index (χ0) is 24.2. The molecule has 1 fully saturated rings. The topological polar surface area (TPSA) is 102 Å². The van der Waals surface area contributed by atoms with E-state index >= 15 is 0 Å². The number of nitrogens with zero attached hydrogens (tertiary/aromatic N) is 1. The van der Waals surface area contributed by atoms with Crippen molar-refractivity contribution in [3.05, 3.63) is 46.3 Å². The maximum Gasteiger partial charge on any atom is 0.268 e. The molecule has 1 atom stereocenters. The lowest BCUT2D eigenvalue weighted by atomic mass is 9.75. The van der Waals surface area contributed by atoms with Gasteiger partial charge in [-0.1, -0.05) is 32.8 Å². The van der Waals surface area contributed by atoms with E-state index in [0.29, 0.717) is 55.0 Å². The Morgan fingerprint density at radius 3 is 2.76 bits per heavy atom. The third-order valence-corrected chi connectivity index (χ3v) is 7.56. The zero-order valence-electron chi connectivity index (χ0n) is 20.2. The summed E-state index contributed by atoms with van der Waals surface area (Å²) in [5.41, 5.74) is 3.83. The van der Waals surface area contributed by atoms with Crippen LogP contribution in [0.5, 0.6) is 5.75 Å². The third-order valence-electron chi connectivity index (χ3n) is 7.56. The van der Waals surface area contributed by atoms with Gasteiger partial charge in [0.2, 0.25) is 5.91 Å². The molecule has 180 valence electrons. The first-order chi connectivity index (χ1) is 16.1. The lowest BCUT2D eigenvalue weighted by molar-refractivity contribution is -0.120. The van der Waals surface area contributed by atoms with Crippen LogP contribution in [0.2, 0.25) is 0 Å². The SMILES string of the molecule is Cc1c(C(=O)NC(CCC2CC2)C(=O)N2CCc3c(O)cccc32)[nH]c2c1C(=O)CC(C)(C)C2. The Balaban J connectivity index is 1.39. The normalized spacial score (nSPS) is 19.5. The predicted octanol–water partition coefficient (Wildman–Crippen LogP) is 4.06. The average molecular weight is 464 g/mol. The summed E-state index contributed by atoms with van der Waals surface area (Å²) < 4.78 is 0. The number of carbonyl (C=O) groups excluding carboxylic acids is 3. The molecule has 2 heterocycles. The molecule has 1 unspecified atom stereocenters. The second-order valence-corrected chi connectivity index (χ2v) is 11.0. The van der Waals surface area contributed by atoms with Crippen LogP contribution in [-0.2, 0) is 17.6 Å². The molecule has 5 rings (SSSR count). The summed E-state index contributed by atoms with van der Waals surface area (Å²) in [5, 5.41) is 13.2. The molecular formula is C27H33N3O4. The molecule has 0 spiro atoms. The number of aromatic amines is 1. The lowest BCUT2D eigenvalue weighted by Crippen LogP contribution is -2.48. The van der Waals surface area contributed by atoms with Gasteiger partial charge < -0.3 is 20.3 Å². The maximum atomic E-state index is 13.6. The number of H-pyrrole nitrogens is 1. The molecule has 1 aliphatic heterocycles. The van der Waals surface area contributed by atoms with Gasteiger partial charge in [0.1, 0.15) is 17.5 Å². The number of Topliss-reactive ketones (excluding diaryl/α,β-unsaturated/α-hetero) is 1. The van der Waals surface area contributed by atoms with Crippen LogP contribution in [0, 0.1) is 18.3 Å². The van der Waals surface area contributed by atoms with E-state index in [1.165, 1.54) is 12.8 Å². The quantitative estimate of drug-likeness (QED) is 0.601. The van der Waals surface area contributed by atoms with Gasteiger partial charge in [-0.15, -0.1) is 0 Å². The minimum atomic E-state index is -0.659. The number of benzene rings is 1. The monoisotopic (exact) mass is 463 g/mol. The fraction of sp³-hybridized carbons (Fsp3) is 0.519. The van der Waals surface area contributed by atoms with Gasteiger partial charge in [-0.05, 0) is 61.6 Å². The molecule has 3 aliphatic rings. The summed E-state index contributed by atoms with van der Waals surface area (Å²) in [6.07, 6.45) is 5.59. The van der Waals surface area contributed by atoms with Gasteiger partial charge in [0.25, 0.3) is 5.91 Å². The van der Waals surface area contributed by atoms with Crippen molar-refractivity contribution in [2.75, 3.05) is 11.4 Å². The summed E-state index contributed by atoms with van der Waals surface area (Å²) >= 11 is 0. The number of hydrogen-bond donors (Lipinski definition) is 3. The van der Waals surface area contributed by atoms with E-state index in [4.69, 9.17) is 0 Å². The molecule has 0 saturated heterocycles. The number of rotatable bonds is 6. The Labute approximate surface area is 199 Å².